The normalized spacial score (nSPS) is 18.1. The zero-order valence-corrected chi connectivity index (χ0v) is 10.2. The highest BCUT2D eigenvalue weighted by molar-refractivity contribution is 5.30. The van der Waals surface area contributed by atoms with E-state index in [1.54, 1.807) is 12.4 Å². The van der Waals surface area contributed by atoms with Crippen molar-refractivity contribution < 1.29 is 13.2 Å². The van der Waals surface area contributed by atoms with Gasteiger partial charge < -0.3 is 4.90 Å². The SMILES string of the molecule is CCc1cnc(N2CCC(C(F)(F)F)CC2)nc1. The monoisotopic (exact) mass is 259 g/mol. The summed E-state index contributed by atoms with van der Waals surface area (Å²) in [5, 5.41) is 0. The molecule has 1 aromatic rings. The van der Waals surface area contributed by atoms with E-state index in [2.05, 4.69) is 9.97 Å². The van der Waals surface area contributed by atoms with E-state index in [4.69, 9.17) is 0 Å². The van der Waals surface area contributed by atoms with Gasteiger partial charge in [0.1, 0.15) is 0 Å². The van der Waals surface area contributed by atoms with E-state index < -0.39 is 12.1 Å². The third-order valence-corrected chi connectivity index (χ3v) is 3.34. The summed E-state index contributed by atoms with van der Waals surface area (Å²) < 4.78 is 37.6. The van der Waals surface area contributed by atoms with E-state index in [0.717, 1.165) is 12.0 Å². The number of hydrogen-bond acceptors (Lipinski definition) is 3. The largest absolute Gasteiger partial charge is 0.391 e. The Kier molecular flexibility index (Phi) is 3.73. The number of hydrogen-bond donors (Lipinski definition) is 0. The Bertz CT molecular complexity index is 381. The second-order valence-corrected chi connectivity index (χ2v) is 4.55. The summed E-state index contributed by atoms with van der Waals surface area (Å²) >= 11 is 0. The number of halogens is 3. The van der Waals surface area contributed by atoms with Crippen LogP contribution in [-0.4, -0.2) is 29.2 Å². The van der Waals surface area contributed by atoms with Crippen molar-refractivity contribution in [1.82, 2.24) is 9.97 Å². The highest BCUT2D eigenvalue weighted by Crippen LogP contribution is 2.34. The van der Waals surface area contributed by atoms with E-state index in [1.165, 1.54) is 0 Å². The van der Waals surface area contributed by atoms with Gasteiger partial charge >= 0.3 is 6.18 Å². The van der Waals surface area contributed by atoms with Gasteiger partial charge in [-0.25, -0.2) is 9.97 Å². The molecule has 0 saturated carbocycles. The number of aryl methyl sites for hydroxylation is 1. The molecular weight excluding hydrogens is 243 g/mol. The van der Waals surface area contributed by atoms with Gasteiger partial charge in [-0.3, -0.25) is 0 Å². The molecule has 2 heterocycles. The lowest BCUT2D eigenvalue weighted by Crippen LogP contribution is -2.39. The summed E-state index contributed by atoms with van der Waals surface area (Å²) in [6.45, 7) is 2.75. The van der Waals surface area contributed by atoms with Crippen molar-refractivity contribution >= 4 is 5.95 Å². The molecule has 0 N–H and O–H groups in total. The van der Waals surface area contributed by atoms with Gasteiger partial charge in [-0.2, -0.15) is 13.2 Å². The van der Waals surface area contributed by atoms with Crippen LogP contribution in [0.5, 0.6) is 0 Å². The van der Waals surface area contributed by atoms with Crippen LogP contribution in [-0.2, 0) is 6.42 Å². The first-order valence-electron chi connectivity index (χ1n) is 6.13. The molecule has 6 heteroatoms. The number of rotatable bonds is 2. The molecule has 1 saturated heterocycles. The van der Waals surface area contributed by atoms with Crippen LogP contribution in [0.25, 0.3) is 0 Å². The van der Waals surface area contributed by atoms with Crippen LogP contribution in [0.1, 0.15) is 25.3 Å². The molecule has 0 aliphatic carbocycles. The van der Waals surface area contributed by atoms with Crippen molar-refractivity contribution in [1.29, 1.82) is 0 Å². The fourth-order valence-corrected chi connectivity index (χ4v) is 2.10. The molecule has 0 atom stereocenters. The third-order valence-electron chi connectivity index (χ3n) is 3.34. The molecule has 100 valence electrons. The van der Waals surface area contributed by atoms with Crippen LogP contribution >= 0.6 is 0 Å². The average Bonchev–Trinajstić information content (AvgIpc) is 2.38. The highest BCUT2D eigenvalue weighted by atomic mass is 19.4. The van der Waals surface area contributed by atoms with Crippen LogP contribution in [0.4, 0.5) is 19.1 Å². The average molecular weight is 259 g/mol. The van der Waals surface area contributed by atoms with Crippen molar-refractivity contribution in [3.05, 3.63) is 18.0 Å². The van der Waals surface area contributed by atoms with E-state index in [-0.39, 0.29) is 12.8 Å². The second-order valence-electron chi connectivity index (χ2n) is 4.55. The molecule has 2 rings (SSSR count). The van der Waals surface area contributed by atoms with Gasteiger partial charge in [0.25, 0.3) is 0 Å². The maximum atomic E-state index is 12.5. The van der Waals surface area contributed by atoms with Gasteiger partial charge in [0.15, 0.2) is 0 Å². The standard InChI is InChI=1S/C12H16F3N3/c1-2-9-7-16-11(17-8-9)18-5-3-10(4-6-18)12(13,14)15/h7-8,10H,2-6H2,1H3. The zero-order chi connectivity index (χ0) is 13.2. The first kappa shape index (κ1) is 13.1. The maximum Gasteiger partial charge on any atom is 0.391 e. The Morgan fingerprint density at radius 3 is 2.22 bits per heavy atom. The number of alkyl halides is 3. The minimum absolute atomic E-state index is 0.127. The van der Waals surface area contributed by atoms with Crippen molar-refractivity contribution in [2.24, 2.45) is 5.92 Å². The molecule has 0 bridgehead atoms. The molecule has 1 aromatic heterocycles. The number of piperidine rings is 1. The molecule has 0 radical (unpaired) electrons. The Hall–Kier alpha value is -1.33. The Balaban J connectivity index is 1.96. The van der Waals surface area contributed by atoms with Crippen molar-refractivity contribution in [3.63, 3.8) is 0 Å². The number of anilines is 1. The summed E-state index contributed by atoms with van der Waals surface area (Å²) in [5.74, 6) is -0.642. The molecule has 1 fully saturated rings. The Morgan fingerprint density at radius 2 is 1.78 bits per heavy atom. The number of nitrogens with zero attached hydrogens (tertiary/aromatic N) is 3. The van der Waals surface area contributed by atoms with E-state index in [9.17, 15) is 13.2 Å². The molecular formula is C12H16F3N3. The molecule has 0 aromatic carbocycles. The van der Waals surface area contributed by atoms with Gasteiger partial charge in [-0.15, -0.1) is 0 Å². The molecule has 0 amide bonds. The first-order chi connectivity index (χ1) is 8.50. The highest BCUT2D eigenvalue weighted by Gasteiger charge is 2.41. The van der Waals surface area contributed by atoms with Crippen molar-refractivity contribution in [2.45, 2.75) is 32.4 Å². The summed E-state index contributed by atoms with van der Waals surface area (Å²) in [6, 6.07) is 0. The predicted octanol–water partition coefficient (Wildman–Crippen LogP) is 2.82. The Morgan fingerprint density at radius 1 is 1.22 bits per heavy atom. The van der Waals surface area contributed by atoms with Crippen LogP contribution in [0.15, 0.2) is 12.4 Å². The fraction of sp³-hybridized carbons (Fsp3) is 0.667. The summed E-state index contributed by atoms with van der Waals surface area (Å²) in [4.78, 5) is 10.2. The second kappa shape index (κ2) is 5.12. The summed E-state index contributed by atoms with van der Waals surface area (Å²) in [7, 11) is 0. The minimum Gasteiger partial charge on any atom is -0.341 e. The van der Waals surface area contributed by atoms with Gasteiger partial charge in [0, 0.05) is 25.5 Å². The quantitative estimate of drug-likeness (QED) is 0.817. The summed E-state index contributed by atoms with van der Waals surface area (Å²) in [5.41, 5.74) is 1.03. The zero-order valence-electron chi connectivity index (χ0n) is 10.2. The van der Waals surface area contributed by atoms with Gasteiger partial charge in [0.05, 0.1) is 5.92 Å². The van der Waals surface area contributed by atoms with Crippen LogP contribution < -0.4 is 4.90 Å². The molecule has 0 unspecified atom stereocenters. The molecule has 1 aliphatic heterocycles. The third kappa shape index (κ3) is 2.91. The van der Waals surface area contributed by atoms with Crippen LogP contribution in [0, 0.1) is 5.92 Å². The lowest BCUT2D eigenvalue weighted by Gasteiger charge is -2.32. The van der Waals surface area contributed by atoms with Crippen LogP contribution in [0.3, 0.4) is 0 Å². The van der Waals surface area contributed by atoms with Gasteiger partial charge in [-0.05, 0) is 24.8 Å². The van der Waals surface area contributed by atoms with Crippen molar-refractivity contribution in [3.8, 4) is 0 Å². The first-order valence-corrected chi connectivity index (χ1v) is 6.13. The molecule has 3 nitrogen and oxygen atoms in total. The number of aromatic nitrogens is 2. The predicted molar refractivity (Wildman–Crippen MR) is 62.4 cm³/mol. The lowest BCUT2D eigenvalue weighted by atomic mass is 9.96. The van der Waals surface area contributed by atoms with Gasteiger partial charge in [-0.1, -0.05) is 6.92 Å². The van der Waals surface area contributed by atoms with Crippen molar-refractivity contribution in [2.75, 3.05) is 18.0 Å². The maximum absolute atomic E-state index is 12.5. The van der Waals surface area contributed by atoms with Gasteiger partial charge in [0.2, 0.25) is 5.95 Å². The summed E-state index contributed by atoms with van der Waals surface area (Å²) in [6.07, 6.45) is 0.510. The lowest BCUT2D eigenvalue weighted by molar-refractivity contribution is -0.179. The molecule has 1 aliphatic rings. The van der Waals surface area contributed by atoms with E-state index >= 15 is 0 Å². The molecule has 18 heavy (non-hydrogen) atoms. The topological polar surface area (TPSA) is 29.0 Å². The minimum atomic E-state index is -4.07. The fourth-order valence-electron chi connectivity index (χ4n) is 2.10. The van der Waals surface area contributed by atoms with E-state index in [1.807, 2.05) is 11.8 Å². The smallest absolute Gasteiger partial charge is 0.341 e. The van der Waals surface area contributed by atoms with Crippen LogP contribution in [0.2, 0.25) is 0 Å². The molecule has 0 spiro atoms. The Labute approximate surface area is 104 Å². The van der Waals surface area contributed by atoms with E-state index in [0.29, 0.717) is 19.0 Å².